The highest BCUT2D eigenvalue weighted by Gasteiger charge is 2.12. The summed E-state index contributed by atoms with van der Waals surface area (Å²) in [5.74, 6) is 0.647. The number of piperazine rings is 1. The highest BCUT2D eigenvalue weighted by molar-refractivity contribution is 5.40. The highest BCUT2D eigenvalue weighted by Crippen LogP contribution is 2.13. The molecule has 1 N–H and O–H groups in total. The molecule has 1 aliphatic heterocycles. The average Bonchev–Trinajstić information content (AvgIpc) is 2.23. The number of pyridine rings is 1. The maximum atomic E-state index is 13.0. The van der Waals surface area contributed by atoms with Gasteiger partial charge in [0.2, 0.25) is 0 Å². The molecular weight excluding hydrogens is 181 g/mol. The van der Waals surface area contributed by atoms with Gasteiger partial charge in [-0.1, -0.05) is 0 Å². The van der Waals surface area contributed by atoms with Crippen molar-refractivity contribution < 1.29 is 4.39 Å². The Labute approximate surface area is 82.9 Å². The van der Waals surface area contributed by atoms with Gasteiger partial charge in [0.25, 0.3) is 0 Å². The summed E-state index contributed by atoms with van der Waals surface area (Å²) in [6, 6.07) is 3.23. The maximum Gasteiger partial charge on any atom is 0.144 e. The first kappa shape index (κ1) is 9.40. The van der Waals surface area contributed by atoms with Crippen LogP contribution in [0.4, 0.5) is 10.2 Å². The van der Waals surface area contributed by atoms with Crippen molar-refractivity contribution in [2.24, 2.45) is 0 Å². The van der Waals surface area contributed by atoms with Crippen LogP contribution in [0.2, 0.25) is 0 Å². The van der Waals surface area contributed by atoms with E-state index in [2.05, 4.69) is 15.2 Å². The third-order valence-corrected chi connectivity index (χ3v) is 2.45. The van der Waals surface area contributed by atoms with E-state index >= 15 is 0 Å². The van der Waals surface area contributed by atoms with Crippen molar-refractivity contribution >= 4 is 5.82 Å². The quantitative estimate of drug-likeness (QED) is 0.722. The van der Waals surface area contributed by atoms with Gasteiger partial charge >= 0.3 is 0 Å². The summed E-state index contributed by atoms with van der Waals surface area (Å²) in [5, 5.41) is 3.27. The molecule has 2 rings (SSSR count). The van der Waals surface area contributed by atoms with Crippen LogP contribution in [0.25, 0.3) is 0 Å². The molecule has 0 aliphatic carbocycles. The molecular formula is C10H14FN3. The lowest BCUT2D eigenvalue weighted by atomic mass is 10.3. The summed E-state index contributed by atoms with van der Waals surface area (Å²) < 4.78 is 13.0. The van der Waals surface area contributed by atoms with Crippen molar-refractivity contribution in [1.82, 2.24) is 10.3 Å². The molecule has 1 saturated heterocycles. The van der Waals surface area contributed by atoms with E-state index < -0.39 is 0 Å². The molecule has 0 radical (unpaired) electrons. The predicted octanol–water partition coefficient (Wildman–Crippen LogP) is 0.939. The molecule has 76 valence electrons. The monoisotopic (exact) mass is 195 g/mol. The SMILES string of the molecule is Cc1nc(N2CCNCC2)ccc1F. The highest BCUT2D eigenvalue weighted by atomic mass is 19.1. The van der Waals surface area contributed by atoms with Crippen LogP contribution in [-0.2, 0) is 0 Å². The van der Waals surface area contributed by atoms with Gasteiger partial charge in [0.05, 0.1) is 5.69 Å². The van der Waals surface area contributed by atoms with E-state index in [1.54, 1.807) is 13.0 Å². The lowest BCUT2D eigenvalue weighted by molar-refractivity contribution is 0.578. The second-order valence-electron chi connectivity index (χ2n) is 3.47. The Kier molecular flexibility index (Phi) is 2.63. The number of nitrogens with one attached hydrogen (secondary N) is 1. The van der Waals surface area contributed by atoms with Gasteiger partial charge < -0.3 is 10.2 Å². The molecule has 0 atom stereocenters. The number of rotatable bonds is 1. The molecule has 0 spiro atoms. The molecule has 4 heteroatoms. The van der Waals surface area contributed by atoms with Gasteiger partial charge in [0.15, 0.2) is 0 Å². The third kappa shape index (κ3) is 1.85. The van der Waals surface area contributed by atoms with E-state index in [1.165, 1.54) is 6.07 Å². The first-order valence-corrected chi connectivity index (χ1v) is 4.86. The summed E-state index contributed by atoms with van der Waals surface area (Å²) in [6.45, 7) is 5.52. The zero-order valence-corrected chi connectivity index (χ0v) is 8.26. The number of nitrogens with zero attached hydrogens (tertiary/aromatic N) is 2. The Balaban J connectivity index is 2.18. The van der Waals surface area contributed by atoms with Gasteiger partial charge in [-0.05, 0) is 19.1 Å². The van der Waals surface area contributed by atoms with E-state index in [4.69, 9.17) is 0 Å². The summed E-state index contributed by atoms with van der Waals surface area (Å²) in [6.07, 6.45) is 0. The molecule has 3 nitrogen and oxygen atoms in total. The Bertz CT molecular complexity index is 321. The van der Waals surface area contributed by atoms with Crippen LogP contribution < -0.4 is 10.2 Å². The lowest BCUT2D eigenvalue weighted by Crippen LogP contribution is -2.43. The van der Waals surface area contributed by atoms with Crippen molar-refractivity contribution in [3.8, 4) is 0 Å². The molecule has 2 heterocycles. The van der Waals surface area contributed by atoms with Gasteiger partial charge in [0.1, 0.15) is 11.6 Å². The van der Waals surface area contributed by atoms with E-state index in [0.717, 1.165) is 32.0 Å². The molecule has 0 unspecified atom stereocenters. The van der Waals surface area contributed by atoms with Gasteiger partial charge in [-0.25, -0.2) is 9.37 Å². The number of hydrogen-bond acceptors (Lipinski definition) is 3. The van der Waals surface area contributed by atoms with E-state index in [1.807, 2.05) is 0 Å². The fraction of sp³-hybridized carbons (Fsp3) is 0.500. The zero-order valence-electron chi connectivity index (χ0n) is 8.26. The molecule has 0 amide bonds. The Hall–Kier alpha value is -1.16. The van der Waals surface area contributed by atoms with Crippen LogP contribution in [0.3, 0.4) is 0 Å². The van der Waals surface area contributed by atoms with Crippen molar-refractivity contribution in [2.45, 2.75) is 6.92 Å². The molecule has 1 aromatic heterocycles. The minimum absolute atomic E-state index is 0.233. The second kappa shape index (κ2) is 3.92. The van der Waals surface area contributed by atoms with Crippen molar-refractivity contribution in [1.29, 1.82) is 0 Å². The summed E-state index contributed by atoms with van der Waals surface area (Å²) in [5.41, 5.74) is 0.473. The standard InChI is InChI=1S/C10H14FN3/c1-8-9(11)2-3-10(13-8)14-6-4-12-5-7-14/h2-3,12H,4-7H2,1H3. The molecule has 0 aromatic carbocycles. The van der Waals surface area contributed by atoms with Crippen molar-refractivity contribution in [3.05, 3.63) is 23.6 Å². The maximum absolute atomic E-state index is 13.0. The first-order chi connectivity index (χ1) is 6.77. The van der Waals surface area contributed by atoms with E-state index in [9.17, 15) is 4.39 Å². The average molecular weight is 195 g/mol. The number of anilines is 1. The fourth-order valence-electron chi connectivity index (χ4n) is 1.60. The molecule has 14 heavy (non-hydrogen) atoms. The van der Waals surface area contributed by atoms with Crippen LogP contribution in [0, 0.1) is 12.7 Å². The summed E-state index contributed by atoms with van der Waals surface area (Å²) in [4.78, 5) is 6.39. The van der Waals surface area contributed by atoms with Crippen LogP contribution >= 0.6 is 0 Å². The van der Waals surface area contributed by atoms with E-state index in [0.29, 0.717) is 5.69 Å². The van der Waals surface area contributed by atoms with Crippen molar-refractivity contribution in [3.63, 3.8) is 0 Å². The Morgan fingerprint density at radius 2 is 2.07 bits per heavy atom. The van der Waals surface area contributed by atoms with Crippen LogP contribution in [0.5, 0.6) is 0 Å². The number of aryl methyl sites for hydroxylation is 1. The number of aromatic nitrogens is 1. The van der Waals surface area contributed by atoms with E-state index in [-0.39, 0.29) is 5.82 Å². The minimum Gasteiger partial charge on any atom is -0.354 e. The molecule has 0 saturated carbocycles. The number of halogens is 1. The summed E-state index contributed by atoms with van der Waals surface area (Å²) in [7, 11) is 0. The smallest absolute Gasteiger partial charge is 0.144 e. The van der Waals surface area contributed by atoms with Crippen LogP contribution in [0.15, 0.2) is 12.1 Å². The predicted molar refractivity (Wildman–Crippen MR) is 54.0 cm³/mol. The first-order valence-electron chi connectivity index (χ1n) is 4.86. The number of hydrogen-bond donors (Lipinski definition) is 1. The van der Waals surface area contributed by atoms with Gasteiger partial charge in [-0.2, -0.15) is 0 Å². The Morgan fingerprint density at radius 1 is 1.36 bits per heavy atom. The molecule has 1 aliphatic rings. The van der Waals surface area contributed by atoms with Crippen LogP contribution in [-0.4, -0.2) is 31.2 Å². The van der Waals surface area contributed by atoms with Gasteiger partial charge in [0, 0.05) is 26.2 Å². The Morgan fingerprint density at radius 3 is 2.71 bits per heavy atom. The molecule has 1 fully saturated rings. The topological polar surface area (TPSA) is 28.2 Å². The minimum atomic E-state index is -0.233. The summed E-state index contributed by atoms with van der Waals surface area (Å²) >= 11 is 0. The lowest BCUT2D eigenvalue weighted by Gasteiger charge is -2.28. The molecule has 0 bridgehead atoms. The van der Waals surface area contributed by atoms with Gasteiger partial charge in [-0.3, -0.25) is 0 Å². The second-order valence-corrected chi connectivity index (χ2v) is 3.47. The normalized spacial score (nSPS) is 17.1. The van der Waals surface area contributed by atoms with Crippen molar-refractivity contribution in [2.75, 3.05) is 31.1 Å². The van der Waals surface area contributed by atoms with Crippen LogP contribution in [0.1, 0.15) is 5.69 Å². The zero-order chi connectivity index (χ0) is 9.97. The largest absolute Gasteiger partial charge is 0.354 e. The van der Waals surface area contributed by atoms with Gasteiger partial charge in [-0.15, -0.1) is 0 Å². The third-order valence-electron chi connectivity index (χ3n) is 2.45. The molecule has 1 aromatic rings. The fourth-order valence-corrected chi connectivity index (χ4v) is 1.60.